The molecule has 0 saturated carbocycles. The number of piperazine rings is 1. The van der Waals surface area contributed by atoms with E-state index in [1.54, 1.807) is 7.11 Å². The van der Waals surface area contributed by atoms with Crippen molar-refractivity contribution in [2.24, 2.45) is 0 Å². The van der Waals surface area contributed by atoms with E-state index < -0.39 is 0 Å². The lowest BCUT2D eigenvalue weighted by molar-refractivity contribution is 0.419. The van der Waals surface area contributed by atoms with Crippen LogP contribution in [0.15, 0.2) is 54.7 Å². The highest BCUT2D eigenvalue weighted by atomic mass is 16.5. The summed E-state index contributed by atoms with van der Waals surface area (Å²) in [6, 6.07) is 16.2. The van der Waals surface area contributed by atoms with Crippen LogP contribution in [-0.2, 0) is 0 Å². The summed E-state index contributed by atoms with van der Waals surface area (Å²) in [4.78, 5) is 18.9. The number of nitrogens with zero attached hydrogens (tertiary/aromatic N) is 5. The lowest BCUT2D eigenvalue weighted by Crippen LogP contribution is -2.47. The molecule has 0 aliphatic carbocycles. The second kappa shape index (κ2) is 7.20. The van der Waals surface area contributed by atoms with Crippen LogP contribution in [0.25, 0.3) is 21.9 Å². The van der Waals surface area contributed by atoms with Crippen LogP contribution >= 0.6 is 0 Å². The Kier molecular flexibility index (Phi) is 4.39. The van der Waals surface area contributed by atoms with Crippen LogP contribution in [0, 0.1) is 6.92 Å². The average molecular weight is 385 g/mol. The molecule has 1 aliphatic rings. The number of hydrogen-bond acceptors (Lipinski definition) is 6. The van der Waals surface area contributed by atoms with Gasteiger partial charge in [-0.25, -0.2) is 9.97 Å². The lowest BCUT2D eigenvalue weighted by atomic mass is 10.1. The first-order chi connectivity index (χ1) is 14.2. The van der Waals surface area contributed by atoms with Crippen LogP contribution in [0.5, 0.6) is 5.75 Å². The maximum Gasteiger partial charge on any atom is 0.147 e. The molecule has 5 rings (SSSR count). The molecule has 146 valence electrons. The summed E-state index contributed by atoms with van der Waals surface area (Å²) in [6.07, 6.45) is 1.88. The highest BCUT2D eigenvalue weighted by Crippen LogP contribution is 2.29. The van der Waals surface area contributed by atoms with E-state index >= 15 is 0 Å². The van der Waals surface area contributed by atoms with Crippen molar-refractivity contribution in [2.75, 3.05) is 43.1 Å². The normalized spacial score (nSPS) is 14.6. The SMILES string of the molecule is COc1cccc2c(C)cc(N3CCN(c4cnc5ccccc5n4)CC3)nc12. The van der Waals surface area contributed by atoms with Crippen molar-refractivity contribution in [3.05, 3.63) is 60.3 Å². The molecular formula is C23H23N5O. The van der Waals surface area contributed by atoms with Crippen molar-refractivity contribution in [1.82, 2.24) is 15.0 Å². The van der Waals surface area contributed by atoms with Crippen molar-refractivity contribution in [3.63, 3.8) is 0 Å². The fourth-order valence-corrected chi connectivity index (χ4v) is 3.97. The zero-order chi connectivity index (χ0) is 19.8. The van der Waals surface area contributed by atoms with Crippen LogP contribution in [0.3, 0.4) is 0 Å². The first-order valence-corrected chi connectivity index (χ1v) is 9.89. The summed E-state index contributed by atoms with van der Waals surface area (Å²) in [5, 5.41) is 1.14. The number of ether oxygens (including phenoxy) is 1. The molecule has 0 spiro atoms. The quantitative estimate of drug-likeness (QED) is 0.534. The summed E-state index contributed by atoms with van der Waals surface area (Å²) in [6.45, 7) is 5.69. The van der Waals surface area contributed by atoms with Crippen LogP contribution in [-0.4, -0.2) is 48.2 Å². The summed E-state index contributed by atoms with van der Waals surface area (Å²) >= 11 is 0. The predicted molar refractivity (Wildman–Crippen MR) is 117 cm³/mol. The number of aromatic nitrogens is 3. The van der Waals surface area contributed by atoms with Gasteiger partial charge in [0.15, 0.2) is 0 Å². The third-order valence-corrected chi connectivity index (χ3v) is 5.58. The molecule has 1 aliphatic heterocycles. The Labute approximate surface area is 169 Å². The number of hydrogen-bond donors (Lipinski definition) is 0. The van der Waals surface area contributed by atoms with Crippen LogP contribution in [0.4, 0.5) is 11.6 Å². The Bertz CT molecular complexity index is 1180. The topological polar surface area (TPSA) is 54.4 Å². The predicted octanol–water partition coefficient (Wildman–Crippen LogP) is 3.82. The minimum absolute atomic E-state index is 0.817. The molecule has 0 atom stereocenters. The van der Waals surface area contributed by atoms with Gasteiger partial charge in [0.25, 0.3) is 0 Å². The third-order valence-electron chi connectivity index (χ3n) is 5.58. The maximum atomic E-state index is 5.53. The molecule has 1 fully saturated rings. The molecule has 6 nitrogen and oxygen atoms in total. The molecular weight excluding hydrogens is 362 g/mol. The van der Waals surface area contributed by atoms with Crippen LogP contribution in [0.2, 0.25) is 0 Å². The van der Waals surface area contributed by atoms with E-state index in [1.165, 1.54) is 5.56 Å². The monoisotopic (exact) mass is 385 g/mol. The summed E-state index contributed by atoms with van der Waals surface area (Å²) in [7, 11) is 1.70. The Morgan fingerprint density at radius 3 is 2.31 bits per heavy atom. The van der Waals surface area contributed by atoms with E-state index in [9.17, 15) is 0 Å². The molecule has 4 aromatic rings. The summed E-state index contributed by atoms with van der Waals surface area (Å²) in [5.74, 6) is 2.76. The van der Waals surface area contributed by atoms with E-state index in [4.69, 9.17) is 14.7 Å². The van der Waals surface area contributed by atoms with Crippen molar-refractivity contribution < 1.29 is 4.74 Å². The highest BCUT2D eigenvalue weighted by molar-refractivity contribution is 5.89. The molecule has 0 N–H and O–H groups in total. The Balaban J connectivity index is 1.38. The summed E-state index contributed by atoms with van der Waals surface area (Å²) < 4.78 is 5.53. The van der Waals surface area contributed by atoms with Gasteiger partial charge in [-0.1, -0.05) is 24.3 Å². The van der Waals surface area contributed by atoms with Gasteiger partial charge in [0.05, 0.1) is 24.3 Å². The Morgan fingerprint density at radius 2 is 1.55 bits per heavy atom. The van der Waals surface area contributed by atoms with Gasteiger partial charge in [-0.3, -0.25) is 4.98 Å². The molecule has 2 aromatic heterocycles. The number of pyridine rings is 1. The van der Waals surface area contributed by atoms with Gasteiger partial charge in [-0.15, -0.1) is 0 Å². The highest BCUT2D eigenvalue weighted by Gasteiger charge is 2.21. The number of rotatable bonds is 3. The zero-order valence-electron chi connectivity index (χ0n) is 16.7. The minimum Gasteiger partial charge on any atom is -0.494 e. The zero-order valence-corrected chi connectivity index (χ0v) is 16.7. The molecule has 29 heavy (non-hydrogen) atoms. The fourth-order valence-electron chi connectivity index (χ4n) is 3.97. The van der Waals surface area contributed by atoms with E-state index in [0.29, 0.717) is 0 Å². The van der Waals surface area contributed by atoms with Gasteiger partial charge >= 0.3 is 0 Å². The molecule has 0 bridgehead atoms. The third kappa shape index (κ3) is 3.20. The van der Waals surface area contributed by atoms with E-state index in [1.807, 2.05) is 42.6 Å². The minimum atomic E-state index is 0.817. The molecule has 6 heteroatoms. The fraction of sp³-hybridized carbons (Fsp3) is 0.261. The van der Waals surface area contributed by atoms with Crippen LogP contribution < -0.4 is 14.5 Å². The Morgan fingerprint density at radius 1 is 0.828 bits per heavy atom. The lowest BCUT2D eigenvalue weighted by Gasteiger charge is -2.36. The van der Waals surface area contributed by atoms with Crippen LogP contribution in [0.1, 0.15) is 5.56 Å². The molecule has 1 saturated heterocycles. The van der Waals surface area contributed by atoms with E-state index in [0.717, 1.165) is 65.5 Å². The van der Waals surface area contributed by atoms with Crippen molar-refractivity contribution >= 4 is 33.6 Å². The van der Waals surface area contributed by atoms with Crippen molar-refractivity contribution in [1.29, 1.82) is 0 Å². The number of para-hydroxylation sites is 3. The first-order valence-electron chi connectivity index (χ1n) is 9.89. The smallest absolute Gasteiger partial charge is 0.147 e. The van der Waals surface area contributed by atoms with Gasteiger partial charge in [-0.2, -0.15) is 0 Å². The number of benzene rings is 2. The van der Waals surface area contributed by atoms with Gasteiger partial charge < -0.3 is 14.5 Å². The van der Waals surface area contributed by atoms with Gasteiger partial charge in [0.2, 0.25) is 0 Å². The first kappa shape index (κ1) is 17.7. The second-order valence-corrected chi connectivity index (χ2v) is 7.34. The van der Waals surface area contributed by atoms with Gasteiger partial charge in [0.1, 0.15) is 22.9 Å². The number of anilines is 2. The second-order valence-electron chi connectivity index (χ2n) is 7.34. The number of aryl methyl sites for hydroxylation is 1. The van der Waals surface area contributed by atoms with Gasteiger partial charge in [-0.05, 0) is 36.8 Å². The molecule has 0 amide bonds. The summed E-state index contributed by atoms with van der Waals surface area (Å²) in [5.41, 5.74) is 4.01. The van der Waals surface area contributed by atoms with E-state index in [2.05, 4.69) is 33.8 Å². The van der Waals surface area contributed by atoms with Crippen molar-refractivity contribution in [3.8, 4) is 5.75 Å². The largest absolute Gasteiger partial charge is 0.494 e. The maximum absolute atomic E-state index is 5.53. The molecule has 0 unspecified atom stereocenters. The number of methoxy groups -OCH3 is 1. The Hall–Kier alpha value is -3.41. The molecule has 3 heterocycles. The van der Waals surface area contributed by atoms with Gasteiger partial charge in [0, 0.05) is 31.6 Å². The van der Waals surface area contributed by atoms with Crippen molar-refractivity contribution in [2.45, 2.75) is 6.92 Å². The molecule has 0 radical (unpaired) electrons. The average Bonchev–Trinajstić information content (AvgIpc) is 2.78. The standard InChI is InChI=1S/C23H23N5O/c1-16-14-21(26-23-17(16)6-5-9-20(23)29-2)27-10-12-28(13-11-27)22-15-24-18-7-3-4-8-19(18)25-22/h3-9,14-15H,10-13H2,1-2H3. The number of fused-ring (bicyclic) bond motifs is 2. The van der Waals surface area contributed by atoms with E-state index in [-0.39, 0.29) is 0 Å². The molecule has 2 aromatic carbocycles.